The van der Waals surface area contributed by atoms with Crippen molar-refractivity contribution in [3.05, 3.63) is 30.1 Å². The van der Waals surface area contributed by atoms with Crippen LogP contribution in [-0.4, -0.2) is 16.1 Å². The number of imidazole rings is 1. The average Bonchev–Trinajstić information content (AvgIpc) is 2.93. The van der Waals surface area contributed by atoms with E-state index in [4.69, 9.17) is 5.73 Å². The zero-order valence-electron chi connectivity index (χ0n) is 10.8. The molecule has 2 aromatic rings. The van der Waals surface area contributed by atoms with Crippen LogP contribution in [0.25, 0.3) is 11.0 Å². The van der Waals surface area contributed by atoms with Gasteiger partial charge in [0.25, 0.3) is 0 Å². The second-order valence-corrected chi connectivity index (χ2v) is 5.51. The molecule has 1 aliphatic rings. The normalized spacial score (nSPS) is 27.3. The molecule has 1 saturated carbocycles. The molecule has 0 amide bonds. The van der Waals surface area contributed by atoms with Gasteiger partial charge in [-0.3, -0.25) is 0 Å². The van der Waals surface area contributed by atoms with E-state index in [0.29, 0.717) is 29.4 Å². The summed E-state index contributed by atoms with van der Waals surface area (Å²) in [6.07, 6.45) is 3.66. The Kier molecular flexibility index (Phi) is 3.01. The molecular formula is C14H17F2N3. The number of rotatable bonds is 2. The van der Waals surface area contributed by atoms with Crippen molar-refractivity contribution >= 4 is 11.0 Å². The van der Waals surface area contributed by atoms with E-state index in [-0.39, 0.29) is 6.04 Å². The first-order valence-corrected chi connectivity index (χ1v) is 6.61. The summed E-state index contributed by atoms with van der Waals surface area (Å²) in [7, 11) is 0. The summed E-state index contributed by atoms with van der Waals surface area (Å²) >= 11 is 0. The van der Waals surface area contributed by atoms with E-state index >= 15 is 0 Å². The Morgan fingerprint density at radius 2 is 2.05 bits per heavy atom. The number of hydrogen-bond donors (Lipinski definition) is 1. The first-order chi connectivity index (χ1) is 9.10. The van der Waals surface area contributed by atoms with Crippen molar-refractivity contribution in [3.63, 3.8) is 0 Å². The molecule has 3 nitrogen and oxygen atoms in total. The van der Waals surface area contributed by atoms with Crippen LogP contribution in [0.1, 0.15) is 25.8 Å². The van der Waals surface area contributed by atoms with Gasteiger partial charge < -0.3 is 10.3 Å². The Hall–Kier alpha value is -1.49. The number of benzene rings is 1. The maximum atomic E-state index is 13.4. The molecule has 3 unspecified atom stereocenters. The van der Waals surface area contributed by atoms with Crippen molar-refractivity contribution < 1.29 is 8.78 Å². The molecule has 1 aromatic heterocycles. The molecule has 0 bridgehead atoms. The highest BCUT2D eigenvalue weighted by molar-refractivity contribution is 5.75. The van der Waals surface area contributed by atoms with E-state index in [2.05, 4.69) is 11.9 Å². The minimum atomic E-state index is -0.850. The lowest BCUT2D eigenvalue weighted by Gasteiger charge is -2.13. The van der Waals surface area contributed by atoms with Gasteiger partial charge in [0, 0.05) is 18.2 Å². The lowest BCUT2D eigenvalue weighted by Crippen LogP contribution is -2.16. The van der Waals surface area contributed by atoms with Gasteiger partial charge in [0.2, 0.25) is 0 Å². The van der Waals surface area contributed by atoms with Gasteiger partial charge in [-0.1, -0.05) is 6.92 Å². The Labute approximate surface area is 110 Å². The van der Waals surface area contributed by atoms with E-state index in [1.54, 1.807) is 6.33 Å². The largest absolute Gasteiger partial charge is 0.330 e. The van der Waals surface area contributed by atoms with Gasteiger partial charge in [-0.15, -0.1) is 0 Å². The number of nitrogens with two attached hydrogens (primary N) is 1. The number of nitrogens with zero attached hydrogens (tertiary/aromatic N) is 2. The number of fused-ring (bicyclic) bond motifs is 1. The van der Waals surface area contributed by atoms with E-state index in [1.807, 2.05) is 4.57 Å². The van der Waals surface area contributed by atoms with Crippen LogP contribution in [0.15, 0.2) is 18.5 Å². The average molecular weight is 265 g/mol. The first-order valence-electron chi connectivity index (χ1n) is 6.61. The van der Waals surface area contributed by atoms with Crippen molar-refractivity contribution in [3.8, 4) is 0 Å². The summed E-state index contributed by atoms with van der Waals surface area (Å²) in [5.74, 6) is -0.626. The Morgan fingerprint density at radius 1 is 1.32 bits per heavy atom. The minimum Gasteiger partial charge on any atom is -0.330 e. The van der Waals surface area contributed by atoms with Gasteiger partial charge in [0.1, 0.15) is 0 Å². The molecule has 0 spiro atoms. The van der Waals surface area contributed by atoms with Gasteiger partial charge >= 0.3 is 0 Å². The molecule has 1 heterocycles. The third kappa shape index (κ3) is 2.02. The first kappa shape index (κ1) is 12.5. The second kappa shape index (κ2) is 4.56. The van der Waals surface area contributed by atoms with E-state index in [0.717, 1.165) is 18.9 Å². The van der Waals surface area contributed by atoms with Gasteiger partial charge in [0.05, 0.1) is 17.4 Å². The van der Waals surface area contributed by atoms with Crippen LogP contribution in [0.4, 0.5) is 8.78 Å². The summed E-state index contributed by atoms with van der Waals surface area (Å²) in [4.78, 5) is 4.17. The maximum absolute atomic E-state index is 13.4. The SMILES string of the molecule is CC1CC(n2cnc3cc(F)c(F)cc32)CC1CN. The van der Waals surface area contributed by atoms with Crippen molar-refractivity contribution in [2.45, 2.75) is 25.8 Å². The highest BCUT2D eigenvalue weighted by Crippen LogP contribution is 2.40. The fourth-order valence-electron chi connectivity index (χ4n) is 3.17. The summed E-state index contributed by atoms with van der Waals surface area (Å²) in [5.41, 5.74) is 6.93. The number of hydrogen-bond acceptors (Lipinski definition) is 2. The standard InChI is InChI=1S/C14H17F2N3/c1-8-2-10(3-9(8)6-17)19-7-18-13-4-11(15)12(16)5-14(13)19/h4-5,7-10H,2-3,6,17H2,1H3. The maximum Gasteiger partial charge on any atom is 0.161 e. The van der Waals surface area contributed by atoms with Gasteiger partial charge in [0.15, 0.2) is 11.6 Å². The van der Waals surface area contributed by atoms with Crippen molar-refractivity contribution in [1.29, 1.82) is 0 Å². The van der Waals surface area contributed by atoms with Crippen molar-refractivity contribution in [1.82, 2.24) is 9.55 Å². The molecule has 1 aromatic carbocycles. The van der Waals surface area contributed by atoms with Gasteiger partial charge in [-0.05, 0) is 31.2 Å². The van der Waals surface area contributed by atoms with Crippen molar-refractivity contribution in [2.24, 2.45) is 17.6 Å². The molecule has 102 valence electrons. The number of aromatic nitrogens is 2. The zero-order chi connectivity index (χ0) is 13.6. The van der Waals surface area contributed by atoms with Crippen LogP contribution in [0, 0.1) is 23.5 Å². The highest BCUT2D eigenvalue weighted by atomic mass is 19.2. The summed E-state index contributed by atoms with van der Waals surface area (Å²) in [6.45, 7) is 2.87. The molecule has 2 N–H and O–H groups in total. The molecule has 5 heteroatoms. The van der Waals surface area contributed by atoms with Gasteiger partial charge in [-0.25, -0.2) is 13.8 Å². The quantitative estimate of drug-likeness (QED) is 0.907. The summed E-state index contributed by atoms with van der Waals surface area (Å²) in [6, 6.07) is 2.66. The molecule has 3 atom stereocenters. The third-order valence-corrected chi connectivity index (χ3v) is 4.34. The molecule has 0 radical (unpaired) electrons. The fraction of sp³-hybridized carbons (Fsp3) is 0.500. The molecule has 3 rings (SSSR count). The third-order valence-electron chi connectivity index (χ3n) is 4.34. The summed E-state index contributed by atoms with van der Waals surface area (Å²) in [5, 5.41) is 0. The van der Waals surface area contributed by atoms with Crippen LogP contribution >= 0.6 is 0 Å². The molecule has 1 fully saturated rings. The molecule has 0 saturated heterocycles. The Bertz CT molecular complexity index is 608. The Balaban J connectivity index is 2.00. The van der Waals surface area contributed by atoms with Crippen molar-refractivity contribution in [2.75, 3.05) is 6.54 Å². The minimum absolute atomic E-state index is 0.276. The van der Waals surface area contributed by atoms with E-state index in [1.165, 1.54) is 6.07 Å². The predicted octanol–water partition coefficient (Wildman–Crippen LogP) is 2.86. The molecule has 1 aliphatic carbocycles. The smallest absolute Gasteiger partial charge is 0.161 e. The van der Waals surface area contributed by atoms with E-state index < -0.39 is 11.6 Å². The monoisotopic (exact) mass is 265 g/mol. The summed E-state index contributed by atoms with van der Waals surface area (Å²) < 4.78 is 28.5. The zero-order valence-corrected chi connectivity index (χ0v) is 10.8. The number of halogens is 2. The van der Waals surface area contributed by atoms with Crippen LogP contribution in [-0.2, 0) is 0 Å². The Morgan fingerprint density at radius 3 is 2.74 bits per heavy atom. The fourth-order valence-corrected chi connectivity index (χ4v) is 3.17. The molecular weight excluding hydrogens is 248 g/mol. The lowest BCUT2D eigenvalue weighted by molar-refractivity contribution is 0.429. The lowest BCUT2D eigenvalue weighted by atomic mass is 9.99. The van der Waals surface area contributed by atoms with Gasteiger partial charge in [-0.2, -0.15) is 0 Å². The van der Waals surface area contributed by atoms with Crippen LogP contribution in [0.3, 0.4) is 0 Å². The second-order valence-electron chi connectivity index (χ2n) is 5.51. The van der Waals surface area contributed by atoms with Crippen LogP contribution in [0.5, 0.6) is 0 Å². The highest BCUT2D eigenvalue weighted by Gasteiger charge is 2.32. The predicted molar refractivity (Wildman–Crippen MR) is 69.6 cm³/mol. The van der Waals surface area contributed by atoms with Crippen LogP contribution < -0.4 is 5.73 Å². The van der Waals surface area contributed by atoms with Crippen LogP contribution in [0.2, 0.25) is 0 Å². The van der Waals surface area contributed by atoms with E-state index in [9.17, 15) is 8.78 Å². The molecule has 0 aliphatic heterocycles. The molecule has 19 heavy (non-hydrogen) atoms. The topological polar surface area (TPSA) is 43.8 Å².